The molecule has 0 atom stereocenters. The monoisotopic (exact) mass is 381 g/mol. The molecule has 1 nitrogen and oxygen atoms in total. The maximum atomic E-state index is 2.30. The van der Waals surface area contributed by atoms with Crippen LogP contribution in [0.15, 0.2) is 90.3 Å². The van der Waals surface area contributed by atoms with Crippen LogP contribution in [0.25, 0.3) is 12.2 Å². The minimum Gasteiger partial charge on any atom is -0.311 e. The van der Waals surface area contributed by atoms with Gasteiger partial charge in [0, 0.05) is 21.9 Å². The SMILES string of the molecule is Cc1ccc(N(c2ccc(C)cc2)c2ccc(/C=C/c3cccs3)cc2)cc1. The molecule has 0 saturated carbocycles. The Labute approximate surface area is 171 Å². The highest BCUT2D eigenvalue weighted by molar-refractivity contribution is 7.10. The fourth-order valence-electron chi connectivity index (χ4n) is 3.13. The molecule has 0 aliphatic carbocycles. The fraction of sp³-hybridized carbons (Fsp3) is 0.0769. The van der Waals surface area contributed by atoms with Gasteiger partial charge in [0.1, 0.15) is 0 Å². The van der Waals surface area contributed by atoms with E-state index in [-0.39, 0.29) is 0 Å². The number of anilines is 3. The summed E-state index contributed by atoms with van der Waals surface area (Å²) < 4.78 is 0. The van der Waals surface area contributed by atoms with Crippen LogP contribution in [-0.4, -0.2) is 0 Å². The van der Waals surface area contributed by atoms with Crippen LogP contribution < -0.4 is 4.90 Å². The average molecular weight is 382 g/mol. The van der Waals surface area contributed by atoms with Gasteiger partial charge in [-0.05, 0) is 73.3 Å². The molecular weight excluding hydrogens is 358 g/mol. The minimum atomic E-state index is 1.15. The van der Waals surface area contributed by atoms with Gasteiger partial charge in [0.2, 0.25) is 0 Å². The summed E-state index contributed by atoms with van der Waals surface area (Å²) in [5, 5.41) is 2.10. The smallest absolute Gasteiger partial charge is 0.0462 e. The third-order valence-electron chi connectivity index (χ3n) is 4.72. The van der Waals surface area contributed by atoms with Gasteiger partial charge in [0.15, 0.2) is 0 Å². The van der Waals surface area contributed by atoms with Crippen LogP contribution in [0.3, 0.4) is 0 Å². The molecule has 4 aromatic rings. The maximum Gasteiger partial charge on any atom is 0.0462 e. The first kappa shape index (κ1) is 18.3. The second-order valence-corrected chi connectivity index (χ2v) is 7.93. The summed E-state index contributed by atoms with van der Waals surface area (Å²) >= 11 is 1.75. The van der Waals surface area contributed by atoms with Gasteiger partial charge in [0.25, 0.3) is 0 Å². The number of benzene rings is 3. The van der Waals surface area contributed by atoms with E-state index >= 15 is 0 Å². The van der Waals surface area contributed by atoms with Gasteiger partial charge in [-0.2, -0.15) is 0 Å². The molecule has 0 N–H and O–H groups in total. The highest BCUT2D eigenvalue weighted by atomic mass is 32.1. The largest absolute Gasteiger partial charge is 0.311 e. The van der Waals surface area contributed by atoms with Crippen LogP contribution in [0.1, 0.15) is 21.6 Å². The van der Waals surface area contributed by atoms with Crippen LogP contribution in [0.4, 0.5) is 17.1 Å². The number of thiophene rings is 1. The summed E-state index contributed by atoms with van der Waals surface area (Å²) in [7, 11) is 0. The van der Waals surface area contributed by atoms with E-state index in [1.54, 1.807) is 11.3 Å². The van der Waals surface area contributed by atoms with Crippen molar-refractivity contribution < 1.29 is 0 Å². The molecule has 1 heterocycles. The summed E-state index contributed by atoms with van der Waals surface area (Å²) in [5.74, 6) is 0. The predicted molar refractivity (Wildman–Crippen MR) is 124 cm³/mol. The van der Waals surface area contributed by atoms with E-state index in [0.717, 1.165) is 17.1 Å². The zero-order valence-corrected chi connectivity index (χ0v) is 17.0. The number of hydrogen-bond acceptors (Lipinski definition) is 2. The molecule has 0 aliphatic heterocycles. The first-order valence-corrected chi connectivity index (χ1v) is 10.3. The van der Waals surface area contributed by atoms with Crippen LogP contribution in [-0.2, 0) is 0 Å². The van der Waals surface area contributed by atoms with Crippen molar-refractivity contribution in [1.29, 1.82) is 0 Å². The standard InChI is InChI=1S/C26H23NS/c1-20-5-12-23(13-6-20)27(24-14-7-21(2)8-15-24)25-16-9-22(10-17-25)11-18-26-4-3-19-28-26/h3-19H,1-2H3/b18-11+. The number of nitrogens with zero attached hydrogens (tertiary/aromatic N) is 1. The van der Waals surface area contributed by atoms with Crippen LogP contribution in [0, 0.1) is 13.8 Å². The van der Waals surface area contributed by atoms with Crippen molar-refractivity contribution in [3.63, 3.8) is 0 Å². The molecule has 0 amide bonds. The Bertz CT molecular complexity index is 996. The molecule has 0 fully saturated rings. The zero-order valence-electron chi connectivity index (χ0n) is 16.2. The fourth-order valence-corrected chi connectivity index (χ4v) is 3.75. The molecule has 4 rings (SSSR count). The summed E-state index contributed by atoms with van der Waals surface area (Å²) in [4.78, 5) is 3.57. The zero-order chi connectivity index (χ0) is 19.3. The van der Waals surface area contributed by atoms with Crippen LogP contribution in [0.5, 0.6) is 0 Å². The van der Waals surface area contributed by atoms with Crippen molar-refractivity contribution in [3.05, 3.63) is 112 Å². The normalized spacial score (nSPS) is 11.1. The molecule has 1 aromatic heterocycles. The lowest BCUT2D eigenvalue weighted by molar-refractivity contribution is 1.27. The van der Waals surface area contributed by atoms with E-state index in [1.165, 1.54) is 21.6 Å². The second kappa shape index (κ2) is 8.28. The van der Waals surface area contributed by atoms with Gasteiger partial charge < -0.3 is 4.90 Å². The third kappa shape index (κ3) is 4.24. The Balaban J connectivity index is 1.68. The van der Waals surface area contributed by atoms with E-state index in [4.69, 9.17) is 0 Å². The molecule has 0 unspecified atom stereocenters. The quantitative estimate of drug-likeness (QED) is 0.338. The summed E-state index contributed by atoms with van der Waals surface area (Å²) in [6, 6.07) is 30.3. The molecule has 0 bridgehead atoms. The first-order chi connectivity index (χ1) is 13.7. The molecule has 138 valence electrons. The molecule has 0 spiro atoms. The summed E-state index contributed by atoms with van der Waals surface area (Å²) in [5.41, 5.74) is 7.21. The van der Waals surface area contributed by atoms with Crippen molar-refractivity contribution >= 4 is 40.6 Å². The molecule has 0 radical (unpaired) electrons. The van der Waals surface area contributed by atoms with Crippen molar-refractivity contribution in [3.8, 4) is 0 Å². The van der Waals surface area contributed by atoms with Crippen molar-refractivity contribution in [2.75, 3.05) is 4.90 Å². The van der Waals surface area contributed by atoms with E-state index in [0.29, 0.717) is 0 Å². The molecule has 3 aromatic carbocycles. The lowest BCUT2D eigenvalue weighted by Crippen LogP contribution is -2.09. The van der Waals surface area contributed by atoms with Crippen molar-refractivity contribution in [1.82, 2.24) is 0 Å². The topological polar surface area (TPSA) is 3.24 Å². The third-order valence-corrected chi connectivity index (χ3v) is 5.56. The van der Waals surface area contributed by atoms with Gasteiger partial charge in [-0.25, -0.2) is 0 Å². The van der Waals surface area contributed by atoms with Gasteiger partial charge in [0.05, 0.1) is 0 Å². The molecule has 0 saturated heterocycles. The molecule has 28 heavy (non-hydrogen) atoms. The summed E-state index contributed by atoms with van der Waals surface area (Å²) in [6.45, 7) is 4.24. The van der Waals surface area contributed by atoms with E-state index in [9.17, 15) is 0 Å². The van der Waals surface area contributed by atoms with Crippen LogP contribution >= 0.6 is 11.3 Å². The Hall–Kier alpha value is -3.10. The Morgan fingerprint density at radius 1 is 0.607 bits per heavy atom. The van der Waals surface area contributed by atoms with Crippen molar-refractivity contribution in [2.24, 2.45) is 0 Å². The highest BCUT2D eigenvalue weighted by Gasteiger charge is 2.11. The molecular formula is C26H23NS. The second-order valence-electron chi connectivity index (χ2n) is 6.95. The van der Waals surface area contributed by atoms with Crippen molar-refractivity contribution in [2.45, 2.75) is 13.8 Å². The van der Waals surface area contributed by atoms with E-state index in [2.05, 4.69) is 121 Å². The highest BCUT2D eigenvalue weighted by Crippen LogP contribution is 2.34. The van der Waals surface area contributed by atoms with Gasteiger partial charge in [-0.1, -0.05) is 59.7 Å². The predicted octanol–water partition coefficient (Wildman–Crippen LogP) is 8.01. The number of rotatable bonds is 5. The summed E-state index contributed by atoms with van der Waals surface area (Å²) in [6.07, 6.45) is 4.33. The van der Waals surface area contributed by atoms with Crippen LogP contribution in [0.2, 0.25) is 0 Å². The average Bonchev–Trinajstić information content (AvgIpc) is 3.24. The molecule has 0 aliphatic rings. The Morgan fingerprint density at radius 3 is 1.57 bits per heavy atom. The lowest BCUT2D eigenvalue weighted by atomic mass is 10.1. The van der Waals surface area contributed by atoms with Gasteiger partial charge in [-0.15, -0.1) is 11.3 Å². The Kier molecular flexibility index (Phi) is 5.41. The molecule has 2 heteroatoms. The van der Waals surface area contributed by atoms with E-state index in [1.807, 2.05) is 0 Å². The van der Waals surface area contributed by atoms with Gasteiger partial charge in [-0.3, -0.25) is 0 Å². The maximum absolute atomic E-state index is 2.30. The number of aryl methyl sites for hydroxylation is 2. The van der Waals surface area contributed by atoms with Gasteiger partial charge >= 0.3 is 0 Å². The van der Waals surface area contributed by atoms with E-state index < -0.39 is 0 Å². The Morgan fingerprint density at radius 2 is 1.11 bits per heavy atom. The lowest BCUT2D eigenvalue weighted by Gasteiger charge is -2.25. The minimum absolute atomic E-state index is 1.15. The number of hydrogen-bond donors (Lipinski definition) is 0. The first-order valence-electron chi connectivity index (χ1n) is 9.44.